The molecule has 0 saturated carbocycles. The number of hydrogen-bond acceptors (Lipinski definition) is 5. The van der Waals surface area contributed by atoms with Crippen LogP contribution < -0.4 is 16.6 Å². The van der Waals surface area contributed by atoms with Gasteiger partial charge in [0, 0.05) is 13.1 Å². The number of hydrogen-bond donors (Lipinski definition) is 3. The Kier molecular flexibility index (Phi) is 4.51. The second-order valence-corrected chi connectivity index (χ2v) is 5.72. The molecule has 120 valence electrons. The Morgan fingerprint density at radius 1 is 1.30 bits per heavy atom. The number of aromatic nitrogens is 4. The molecule has 23 heavy (non-hydrogen) atoms. The smallest absolute Gasteiger partial charge is 0.278 e. The van der Waals surface area contributed by atoms with Gasteiger partial charge in [0.15, 0.2) is 5.52 Å². The highest BCUT2D eigenvalue weighted by Gasteiger charge is 2.10. The average molecular weight is 353 g/mol. The van der Waals surface area contributed by atoms with Crippen LogP contribution in [0.4, 0.5) is 5.95 Å². The highest BCUT2D eigenvalue weighted by Crippen LogP contribution is 2.22. The predicted molar refractivity (Wildman–Crippen MR) is 91.0 cm³/mol. The first-order valence-electron chi connectivity index (χ1n) is 6.92. The van der Waals surface area contributed by atoms with Gasteiger partial charge in [0.25, 0.3) is 5.56 Å². The van der Waals surface area contributed by atoms with Crippen molar-refractivity contribution in [2.75, 3.05) is 11.9 Å². The largest absolute Gasteiger partial charge is 0.352 e. The molecular formula is C14H14Cl2N6O. The third kappa shape index (κ3) is 3.31. The van der Waals surface area contributed by atoms with Gasteiger partial charge in [-0.15, -0.1) is 0 Å². The Hall–Kier alpha value is -2.09. The fourth-order valence-corrected chi connectivity index (χ4v) is 2.54. The Morgan fingerprint density at radius 3 is 2.87 bits per heavy atom. The molecule has 2 aromatic heterocycles. The topological polar surface area (TPSA) is 102 Å². The molecule has 0 aliphatic rings. The fraction of sp³-hybridized carbons (Fsp3) is 0.214. The lowest BCUT2D eigenvalue weighted by molar-refractivity contribution is 0.643. The van der Waals surface area contributed by atoms with E-state index in [4.69, 9.17) is 28.9 Å². The van der Waals surface area contributed by atoms with Crippen molar-refractivity contribution in [3.63, 3.8) is 0 Å². The van der Waals surface area contributed by atoms with Crippen molar-refractivity contribution in [1.82, 2.24) is 19.7 Å². The summed E-state index contributed by atoms with van der Waals surface area (Å²) < 4.78 is 1.55. The number of nitrogens with zero attached hydrogens (tertiary/aromatic N) is 3. The van der Waals surface area contributed by atoms with Crippen molar-refractivity contribution in [3.8, 4) is 0 Å². The van der Waals surface area contributed by atoms with E-state index in [-0.39, 0.29) is 5.56 Å². The molecule has 0 aliphatic carbocycles. The zero-order chi connectivity index (χ0) is 16.4. The zero-order valence-electron chi connectivity index (χ0n) is 12.0. The van der Waals surface area contributed by atoms with Gasteiger partial charge in [-0.1, -0.05) is 29.3 Å². The van der Waals surface area contributed by atoms with Crippen LogP contribution in [0.2, 0.25) is 10.0 Å². The zero-order valence-corrected chi connectivity index (χ0v) is 13.5. The predicted octanol–water partition coefficient (Wildman–Crippen LogP) is 2.00. The van der Waals surface area contributed by atoms with Crippen LogP contribution >= 0.6 is 23.2 Å². The Balaban J connectivity index is 1.83. The number of benzene rings is 1. The number of halogens is 2. The normalized spacial score (nSPS) is 11.1. The molecule has 1 aromatic carbocycles. The molecule has 0 aliphatic heterocycles. The van der Waals surface area contributed by atoms with Gasteiger partial charge in [-0.25, -0.2) is 4.98 Å². The van der Waals surface area contributed by atoms with Crippen molar-refractivity contribution >= 4 is 40.2 Å². The van der Waals surface area contributed by atoms with Gasteiger partial charge in [-0.3, -0.25) is 14.5 Å². The molecule has 0 atom stereocenters. The minimum atomic E-state index is -0.266. The summed E-state index contributed by atoms with van der Waals surface area (Å²) in [5.74, 6) is 0.362. The summed E-state index contributed by atoms with van der Waals surface area (Å²) in [5, 5.41) is 8.15. The second-order valence-electron chi connectivity index (χ2n) is 4.91. The van der Waals surface area contributed by atoms with E-state index < -0.39 is 0 Å². The van der Waals surface area contributed by atoms with Crippen LogP contribution in [0.3, 0.4) is 0 Å². The molecule has 7 nitrogen and oxygen atoms in total. The first kappa shape index (κ1) is 15.8. The Morgan fingerprint density at radius 2 is 2.13 bits per heavy atom. The van der Waals surface area contributed by atoms with Crippen molar-refractivity contribution in [2.24, 2.45) is 5.73 Å². The summed E-state index contributed by atoms with van der Waals surface area (Å²) in [4.78, 5) is 19.2. The summed E-state index contributed by atoms with van der Waals surface area (Å²) in [6.07, 6.45) is 1.55. The number of fused-ring (bicyclic) bond motifs is 1. The monoisotopic (exact) mass is 352 g/mol. The number of nitrogens with one attached hydrogen (secondary N) is 2. The summed E-state index contributed by atoms with van der Waals surface area (Å²) in [5.41, 5.74) is 7.08. The highest BCUT2D eigenvalue weighted by molar-refractivity contribution is 6.42. The Labute approximate surface area is 141 Å². The SMILES string of the molecule is NCCn1ncc2nc(NCc3ccc(Cl)c(Cl)c3)[nH]c(=O)c21. The minimum Gasteiger partial charge on any atom is -0.352 e. The number of H-pyrrole nitrogens is 1. The molecule has 9 heteroatoms. The molecule has 4 N–H and O–H groups in total. The van der Waals surface area contributed by atoms with Crippen LogP contribution in [-0.2, 0) is 13.1 Å². The molecule has 0 fully saturated rings. The van der Waals surface area contributed by atoms with Gasteiger partial charge in [-0.2, -0.15) is 5.10 Å². The van der Waals surface area contributed by atoms with Gasteiger partial charge >= 0.3 is 0 Å². The molecule has 2 heterocycles. The van der Waals surface area contributed by atoms with E-state index in [0.717, 1.165) is 5.56 Å². The lowest BCUT2D eigenvalue weighted by Gasteiger charge is -2.07. The maximum atomic E-state index is 12.2. The lowest BCUT2D eigenvalue weighted by Crippen LogP contribution is -2.18. The quantitative estimate of drug-likeness (QED) is 0.651. The van der Waals surface area contributed by atoms with E-state index in [2.05, 4.69) is 20.4 Å². The maximum absolute atomic E-state index is 12.2. The maximum Gasteiger partial charge on any atom is 0.278 e. The minimum absolute atomic E-state index is 0.266. The van der Waals surface area contributed by atoms with Crippen LogP contribution in [0.15, 0.2) is 29.2 Å². The summed E-state index contributed by atoms with van der Waals surface area (Å²) >= 11 is 11.9. The van der Waals surface area contributed by atoms with Crippen molar-refractivity contribution < 1.29 is 0 Å². The summed E-state index contributed by atoms with van der Waals surface area (Å²) in [7, 11) is 0. The van der Waals surface area contributed by atoms with Crippen LogP contribution in [0, 0.1) is 0 Å². The molecule has 0 bridgehead atoms. The number of aromatic amines is 1. The van der Waals surface area contributed by atoms with E-state index in [1.807, 2.05) is 6.07 Å². The van der Waals surface area contributed by atoms with E-state index in [9.17, 15) is 4.79 Å². The third-order valence-corrected chi connectivity index (χ3v) is 4.02. The van der Waals surface area contributed by atoms with Gasteiger partial charge in [0.1, 0.15) is 5.52 Å². The molecule has 3 rings (SSSR count). The summed E-state index contributed by atoms with van der Waals surface area (Å²) in [6, 6.07) is 5.32. The molecule has 0 unspecified atom stereocenters. The average Bonchev–Trinajstić information content (AvgIpc) is 2.92. The highest BCUT2D eigenvalue weighted by atomic mass is 35.5. The van der Waals surface area contributed by atoms with Crippen molar-refractivity contribution in [3.05, 3.63) is 50.4 Å². The van der Waals surface area contributed by atoms with Crippen LogP contribution in [-0.4, -0.2) is 26.3 Å². The summed E-state index contributed by atoms with van der Waals surface area (Å²) in [6.45, 7) is 1.31. The van der Waals surface area contributed by atoms with Gasteiger partial charge in [-0.05, 0) is 17.7 Å². The van der Waals surface area contributed by atoms with E-state index in [0.29, 0.717) is 46.7 Å². The lowest BCUT2D eigenvalue weighted by atomic mass is 10.2. The first-order chi connectivity index (χ1) is 11.1. The van der Waals surface area contributed by atoms with Crippen LogP contribution in [0.5, 0.6) is 0 Å². The van der Waals surface area contributed by atoms with Crippen molar-refractivity contribution in [2.45, 2.75) is 13.1 Å². The van der Waals surface area contributed by atoms with E-state index in [1.54, 1.807) is 23.0 Å². The molecular weight excluding hydrogens is 339 g/mol. The standard InChI is InChI=1S/C14H14Cl2N6O/c15-9-2-1-8(5-10(9)16)6-18-14-20-11-7-19-22(4-3-17)12(11)13(23)21-14/h1-2,5,7H,3-4,6,17H2,(H2,18,20,21,23). The van der Waals surface area contributed by atoms with Crippen LogP contribution in [0.25, 0.3) is 11.0 Å². The number of rotatable bonds is 5. The number of anilines is 1. The third-order valence-electron chi connectivity index (χ3n) is 3.28. The van der Waals surface area contributed by atoms with Gasteiger partial charge in [0.2, 0.25) is 5.95 Å². The van der Waals surface area contributed by atoms with E-state index >= 15 is 0 Å². The van der Waals surface area contributed by atoms with Crippen molar-refractivity contribution in [1.29, 1.82) is 0 Å². The van der Waals surface area contributed by atoms with Crippen LogP contribution in [0.1, 0.15) is 5.56 Å². The number of nitrogens with two attached hydrogens (primary N) is 1. The Bertz CT molecular complexity index is 904. The molecule has 0 radical (unpaired) electrons. The van der Waals surface area contributed by atoms with Gasteiger partial charge in [0.05, 0.1) is 22.8 Å². The fourth-order valence-electron chi connectivity index (χ4n) is 2.22. The molecule has 0 spiro atoms. The molecule has 3 aromatic rings. The second kappa shape index (κ2) is 6.57. The first-order valence-corrected chi connectivity index (χ1v) is 7.68. The molecule has 0 saturated heterocycles. The van der Waals surface area contributed by atoms with Gasteiger partial charge < -0.3 is 11.1 Å². The molecule has 0 amide bonds. The van der Waals surface area contributed by atoms with E-state index in [1.165, 1.54) is 0 Å².